The molecule has 0 aromatic heterocycles. The molecule has 2 aromatic rings. The number of hydrogen-bond donors (Lipinski definition) is 1. The molecule has 20 heavy (non-hydrogen) atoms. The van der Waals surface area contributed by atoms with Crippen LogP contribution < -0.4 is 10.2 Å². The van der Waals surface area contributed by atoms with Crippen LogP contribution in [0.2, 0.25) is 10.0 Å². The number of rotatable bonds is 4. The molecule has 1 fully saturated rings. The summed E-state index contributed by atoms with van der Waals surface area (Å²) >= 11 is 12.2. The van der Waals surface area contributed by atoms with E-state index < -0.39 is 0 Å². The maximum absolute atomic E-state index is 6.15. The first-order valence-corrected chi connectivity index (χ1v) is 7.46. The van der Waals surface area contributed by atoms with E-state index in [0.29, 0.717) is 16.1 Å². The van der Waals surface area contributed by atoms with Crippen LogP contribution in [0.1, 0.15) is 5.56 Å². The Morgan fingerprint density at radius 2 is 1.75 bits per heavy atom. The van der Waals surface area contributed by atoms with Crippen molar-refractivity contribution in [3.63, 3.8) is 0 Å². The van der Waals surface area contributed by atoms with Crippen molar-refractivity contribution in [3.05, 3.63) is 64.1 Å². The number of anilines is 1. The summed E-state index contributed by atoms with van der Waals surface area (Å²) in [5.41, 5.74) is 2.42. The average Bonchev–Trinajstić information content (AvgIpc) is 2.40. The maximum atomic E-state index is 6.15. The second-order valence-electron chi connectivity index (χ2n) is 5.02. The van der Waals surface area contributed by atoms with Crippen molar-refractivity contribution < 1.29 is 0 Å². The third-order valence-electron chi connectivity index (χ3n) is 3.63. The quantitative estimate of drug-likeness (QED) is 0.919. The van der Waals surface area contributed by atoms with Crippen LogP contribution in [0.25, 0.3) is 0 Å². The Balaban J connectivity index is 1.87. The highest BCUT2D eigenvalue weighted by Gasteiger charge is 2.25. The van der Waals surface area contributed by atoms with Gasteiger partial charge in [0.2, 0.25) is 0 Å². The van der Waals surface area contributed by atoms with E-state index in [1.807, 2.05) is 24.3 Å². The fraction of sp³-hybridized carbons (Fsp3) is 0.250. The first-order valence-electron chi connectivity index (χ1n) is 6.70. The Labute approximate surface area is 129 Å². The van der Waals surface area contributed by atoms with Crippen molar-refractivity contribution in [1.82, 2.24) is 5.32 Å². The molecule has 1 aliphatic rings. The molecule has 1 saturated heterocycles. The van der Waals surface area contributed by atoms with Crippen LogP contribution in [0.4, 0.5) is 5.69 Å². The number of halogens is 2. The lowest BCUT2D eigenvalue weighted by Gasteiger charge is -2.40. The standard InChI is InChI=1S/C16H16Cl2N2/c17-15-7-6-13(8-16(15)18)20(14-9-19-10-14)11-12-4-2-1-3-5-12/h1-8,14,19H,9-11H2. The molecule has 0 unspecified atom stereocenters. The van der Waals surface area contributed by atoms with Crippen molar-refractivity contribution in [2.45, 2.75) is 12.6 Å². The summed E-state index contributed by atoms with van der Waals surface area (Å²) < 4.78 is 0. The van der Waals surface area contributed by atoms with Gasteiger partial charge in [-0.25, -0.2) is 0 Å². The molecule has 0 spiro atoms. The summed E-state index contributed by atoms with van der Waals surface area (Å²) in [6, 6.07) is 16.8. The second-order valence-corrected chi connectivity index (χ2v) is 5.84. The molecule has 0 saturated carbocycles. The van der Waals surface area contributed by atoms with Crippen LogP contribution in [0.15, 0.2) is 48.5 Å². The predicted octanol–water partition coefficient (Wildman–Crippen LogP) is 3.97. The Hall–Kier alpha value is -1.22. The van der Waals surface area contributed by atoms with Crippen LogP contribution >= 0.6 is 23.2 Å². The van der Waals surface area contributed by atoms with Gasteiger partial charge in [0.05, 0.1) is 16.1 Å². The Bertz CT molecular complexity index is 582. The van der Waals surface area contributed by atoms with Crippen LogP contribution in [0.3, 0.4) is 0 Å². The normalized spacial score (nSPS) is 14.9. The highest BCUT2D eigenvalue weighted by atomic mass is 35.5. The summed E-state index contributed by atoms with van der Waals surface area (Å²) in [5, 5.41) is 4.53. The molecule has 1 N–H and O–H groups in total. The number of hydrogen-bond acceptors (Lipinski definition) is 2. The number of nitrogens with one attached hydrogen (secondary N) is 1. The summed E-state index contributed by atoms with van der Waals surface area (Å²) in [5.74, 6) is 0. The average molecular weight is 307 g/mol. The molecule has 0 radical (unpaired) electrons. The molecule has 0 bridgehead atoms. The van der Waals surface area contributed by atoms with E-state index in [0.717, 1.165) is 25.3 Å². The van der Waals surface area contributed by atoms with E-state index in [9.17, 15) is 0 Å². The van der Waals surface area contributed by atoms with Gasteiger partial charge in [-0.1, -0.05) is 53.5 Å². The van der Waals surface area contributed by atoms with Crippen molar-refractivity contribution >= 4 is 28.9 Å². The van der Waals surface area contributed by atoms with Gasteiger partial charge < -0.3 is 10.2 Å². The van der Waals surface area contributed by atoms with Gasteiger partial charge in [-0.2, -0.15) is 0 Å². The smallest absolute Gasteiger partial charge is 0.0612 e. The minimum Gasteiger partial charge on any atom is -0.362 e. The van der Waals surface area contributed by atoms with Gasteiger partial charge in [-0.15, -0.1) is 0 Å². The van der Waals surface area contributed by atoms with Gasteiger partial charge in [-0.05, 0) is 23.8 Å². The Morgan fingerprint density at radius 3 is 2.35 bits per heavy atom. The zero-order valence-corrected chi connectivity index (χ0v) is 12.5. The predicted molar refractivity (Wildman–Crippen MR) is 85.7 cm³/mol. The monoisotopic (exact) mass is 306 g/mol. The van der Waals surface area contributed by atoms with Crippen molar-refractivity contribution in [2.75, 3.05) is 18.0 Å². The SMILES string of the molecule is Clc1ccc(N(Cc2ccccc2)C2CNC2)cc1Cl. The van der Waals surface area contributed by atoms with E-state index >= 15 is 0 Å². The van der Waals surface area contributed by atoms with Crippen molar-refractivity contribution in [1.29, 1.82) is 0 Å². The van der Waals surface area contributed by atoms with Gasteiger partial charge in [0.15, 0.2) is 0 Å². The summed E-state index contributed by atoms with van der Waals surface area (Å²) in [7, 11) is 0. The third-order valence-corrected chi connectivity index (χ3v) is 4.37. The molecule has 4 heteroatoms. The lowest BCUT2D eigenvalue weighted by molar-refractivity contribution is 0.411. The Kier molecular flexibility index (Phi) is 4.16. The van der Waals surface area contributed by atoms with Gasteiger partial charge in [0.25, 0.3) is 0 Å². The molecule has 1 heterocycles. The largest absolute Gasteiger partial charge is 0.362 e. The second kappa shape index (κ2) is 6.04. The fourth-order valence-corrected chi connectivity index (χ4v) is 2.66. The molecule has 0 aliphatic carbocycles. The summed E-state index contributed by atoms with van der Waals surface area (Å²) in [6.45, 7) is 2.89. The van der Waals surface area contributed by atoms with Gasteiger partial charge >= 0.3 is 0 Å². The van der Waals surface area contributed by atoms with Crippen LogP contribution in [0.5, 0.6) is 0 Å². The molecule has 2 aromatic carbocycles. The third kappa shape index (κ3) is 2.93. The molecular formula is C16H16Cl2N2. The summed E-state index contributed by atoms with van der Waals surface area (Å²) in [4.78, 5) is 2.38. The van der Waals surface area contributed by atoms with Gasteiger partial charge in [0.1, 0.15) is 0 Å². The van der Waals surface area contributed by atoms with E-state index in [1.54, 1.807) is 0 Å². The highest BCUT2D eigenvalue weighted by Crippen LogP contribution is 2.29. The van der Waals surface area contributed by atoms with Crippen LogP contribution in [-0.4, -0.2) is 19.1 Å². The lowest BCUT2D eigenvalue weighted by Crippen LogP contribution is -2.57. The summed E-state index contributed by atoms with van der Waals surface area (Å²) in [6.07, 6.45) is 0. The highest BCUT2D eigenvalue weighted by molar-refractivity contribution is 6.42. The molecule has 104 valence electrons. The fourth-order valence-electron chi connectivity index (χ4n) is 2.37. The van der Waals surface area contributed by atoms with E-state index in [-0.39, 0.29) is 0 Å². The first kappa shape index (κ1) is 13.7. The van der Waals surface area contributed by atoms with Crippen molar-refractivity contribution in [2.24, 2.45) is 0 Å². The minimum atomic E-state index is 0.507. The number of nitrogens with zero attached hydrogens (tertiary/aromatic N) is 1. The van der Waals surface area contributed by atoms with Crippen LogP contribution in [-0.2, 0) is 6.54 Å². The first-order chi connectivity index (χ1) is 9.74. The molecule has 0 amide bonds. The maximum Gasteiger partial charge on any atom is 0.0612 e. The van der Waals surface area contributed by atoms with E-state index in [4.69, 9.17) is 23.2 Å². The number of benzene rings is 2. The van der Waals surface area contributed by atoms with Crippen molar-refractivity contribution in [3.8, 4) is 0 Å². The minimum absolute atomic E-state index is 0.507. The Morgan fingerprint density at radius 1 is 1.00 bits per heavy atom. The van der Waals surface area contributed by atoms with E-state index in [1.165, 1.54) is 5.56 Å². The molecular weight excluding hydrogens is 291 g/mol. The molecule has 2 nitrogen and oxygen atoms in total. The van der Waals surface area contributed by atoms with Crippen LogP contribution in [0, 0.1) is 0 Å². The molecule has 3 rings (SSSR count). The molecule has 1 aliphatic heterocycles. The molecule has 0 atom stereocenters. The van der Waals surface area contributed by atoms with Gasteiger partial charge in [0, 0.05) is 25.3 Å². The van der Waals surface area contributed by atoms with E-state index in [2.05, 4.69) is 34.5 Å². The topological polar surface area (TPSA) is 15.3 Å². The van der Waals surface area contributed by atoms with Gasteiger partial charge in [-0.3, -0.25) is 0 Å². The zero-order chi connectivity index (χ0) is 13.9. The lowest BCUT2D eigenvalue weighted by atomic mass is 10.1. The zero-order valence-electron chi connectivity index (χ0n) is 11.0.